The van der Waals surface area contributed by atoms with Gasteiger partial charge in [0.15, 0.2) is 5.41 Å². The number of halogens is 2. The molecule has 0 aliphatic heterocycles. The van der Waals surface area contributed by atoms with Crippen LogP contribution in [0.2, 0.25) is 0 Å². The van der Waals surface area contributed by atoms with Crippen molar-refractivity contribution >= 4 is 11.9 Å². The fourth-order valence-electron chi connectivity index (χ4n) is 3.23. The molecule has 0 heterocycles. The average molecular weight is 262 g/mol. The molecule has 102 valence electrons. The summed E-state index contributed by atoms with van der Waals surface area (Å²) in [5.74, 6) is -4.77. The van der Waals surface area contributed by atoms with Crippen LogP contribution in [0.25, 0.3) is 0 Å². The van der Waals surface area contributed by atoms with Gasteiger partial charge in [-0.3, -0.25) is 9.59 Å². The maximum Gasteiger partial charge on any atom is 0.323 e. The number of hydrogen-bond donors (Lipinski definition) is 1. The molecule has 2 aliphatic rings. The highest BCUT2D eigenvalue weighted by Crippen LogP contribution is 2.69. The van der Waals surface area contributed by atoms with Crippen LogP contribution in [0, 0.1) is 10.8 Å². The Labute approximate surface area is 103 Å². The molecule has 0 atom stereocenters. The molecule has 2 saturated carbocycles. The van der Waals surface area contributed by atoms with E-state index in [1.165, 1.54) is 0 Å². The first-order valence-electron chi connectivity index (χ1n) is 5.93. The average Bonchev–Trinajstić information content (AvgIpc) is 2.06. The van der Waals surface area contributed by atoms with Crippen LogP contribution in [-0.4, -0.2) is 29.1 Å². The molecule has 2 fully saturated rings. The third kappa shape index (κ3) is 1.87. The fraction of sp³-hybridized carbons (Fsp3) is 0.833. The highest BCUT2D eigenvalue weighted by Gasteiger charge is 2.72. The minimum atomic E-state index is -2.70. The Hall–Kier alpha value is -1.20. The van der Waals surface area contributed by atoms with E-state index in [9.17, 15) is 18.4 Å². The summed E-state index contributed by atoms with van der Waals surface area (Å²) >= 11 is 0. The Balaban J connectivity index is 2.06. The lowest BCUT2D eigenvalue weighted by molar-refractivity contribution is -0.241. The van der Waals surface area contributed by atoms with Crippen LogP contribution in [0.3, 0.4) is 0 Å². The standard InChI is InChI=1S/C12H16F2O4/c1-7(2)18-9(17)11(8(15)16)3-10(4-11)5-12(13,14)6-10/h7H,3-6H2,1-2H3,(H,15,16). The summed E-state index contributed by atoms with van der Waals surface area (Å²) in [5.41, 5.74) is -2.28. The normalized spacial score (nSPS) is 26.3. The molecular formula is C12H16F2O4. The Bertz CT molecular complexity index is 387. The van der Waals surface area contributed by atoms with Gasteiger partial charge in [0.1, 0.15) is 0 Å². The summed E-state index contributed by atoms with van der Waals surface area (Å²) in [7, 11) is 0. The molecule has 0 aromatic heterocycles. The SMILES string of the molecule is CC(C)OC(=O)C1(C(=O)O)CC2(CC(F)(F)C2)C1. The molecule has 0 radical (unpaired) electrons. The molecular weight excluding hydrogens is 246 g/mol. The quantitative estimate of drug-likeness (QED) is 0.625. The van der Waals surface area contributed by atoms with E-state index in [2.05, 4.69) is 0 Å². The van der Waals surface area contributed by atoms with Crippen LogP contribution in [0.4, 0.5) is 8.78 Å². The van der Waals surface area contributed by atoms with Crippen LogP contribution < -0.4 is 0 Å². The molecule has 0 aromatic carbocycles. The molecule has 0 aromatic rings. The lowest BCUT2D eigenvalue weighted by atomic mass is 9.44. The predicted molar refractivity (Wildman–Crippen MR) is 57.1 cm³/mol. The first kappa shape index (κ1) is 13.2. The number of rotatable bonds is 3. The monoisotopic (exact) mass is 262 g/mol. The van der Waals surface area contributed by atoms with Crippen LogP contribution in [0.15, 0.2) is 0 Å². The zero-order valence-electron chi connectivity index (χ0n) is 10.3. The van der Waals surface area contributed by atoms with Gasteiger partial charge in [0.25, 0.3) is 0 Å². The van der Waals surface area contributed by atoms with Gasteiger partial charge >= 0.3 is 11.9 Å². The number of carbonyl (C=O) groups is 2. The number of esters is 1. The highest BCUT2D eigenvalue weighted by atomic mass is 19.3. The first-order valence-corrected chi connectivity index (χ1v) is 5.93. The van der Waals surface area contributed by atoms with Gasteiger partial charge in [-0.25, -0.2) is 8.78 Å². The first-order chi connectivity index (χ1) is 8.11. The smallest absolute Gasteiger partial charge is 0.323 e. The van der Waals surface area contributed by atoms with Crippen LogP contribution in [-0.2, 0) is 14.3 Å². The van der Waals surface area contributed by atoms with Crippen molar-refractivity contribution in [3.63, 3.8) is 0 Å². The van der Waals surface area contributed by atoms with Crippen molar-refractivity contribution < 1.29 is 28.2 Å². The van der Waals surface area contributed by atoms with E-state index in [-0.39, 0.29) is 25.7 Å². The van der Waals surface area contributed by atoms with Gasteiger partial charge < -0.3 is 9.84 Å². The molecule has 2 aliphatic carbocycles. The van der Waals surface area contributed by atoms with Gasteiger partial charge in [0, 0.05) is 12.8 Å². The number of carboxylic acids is 1. The van der Waals surface area contributed by atoms with Crippen molar-refractivity contribution in [2.45, 2.75) is 51.6 Å². The van der Waals surface area contributed by atoms with E-state index >= 15 is 0 Å². The van der Waals surface area contributed by atoms with Crippen molar-refractivity contribution in [1.82, 2.24) is 0 Å². The second-order valence-electron chi connectivity index (χ2n) is 5.90. The molecule has 6 heteroatoms. The van der Waals surface area contributed by atoms with Crippen molar-refractivity contribution in [3.05, 3.63) is 0 Å². The third-order valence-electron chi connectivity index (χ3n) is 3.76. The van der Waals surface area contributed by atoms with Gasteiger partial charge in [-0.15, -0.1) is 0 Å². The van der Waals surface area contributed by atoms with Crippen molar-refractivity contribution in [1.29, 1.82) is 0 Å². The second kappa shape index (κ2) is 3.65. The van der Waals surface area contributed by atoms with Crippen LogP contribution in [0.5, 0.6) is 0 Å². The van der Waals surface area contributed by atoms with Crippen molar-refractivity contribution in [2.75, 3.05) is 0 Å². The molecule has 1 spiro atoms. The van der Waals surface area contributed by atoms with E-state index in [0.29, 0.717) is 0 Å². The van der Waals surface area contributed by atoms with E-state index in [4.69, 9.17) is 9.84 Å². The molecule has 18 heavy (non-hydrogen) atoms. The summed E-state index contributed by atoms with van der Waals surface area (Å²) in [5, 5.41) is 9.16. The van der Waals surface area contributed by atoms with Gasteiger partial charge in [-0.1, -0.05) is 0 Å². The fourth-order valence-corrected chi connectivity index (χ4v) is 3.23. The number of hydrogen-bond acceptors (Lipinski definition) is 3. The lowest BCUT2D eigenvalue weighted by Crippen LogP contribution is -2.63. The number of alkyl halides is 2. The summed E-state index contributed by atoms with van der Waals surface area (Å²) in [6.07, 6.45) is -1.10. The van der Waals surface area contributed by atoms with E-state index < -0.39 is 34.8 Å². The Morgan fingerprint density at radius 1 is 1.17 bits per heavy atom. The van der Waals surface area contributed by atoms with E-state index in [0.717, 1.165) is 0 Å². The number of carboxylic acid groups (broad SMARTS) is 1. The van der Waals surface area contributed by atoms with E-state index in [1.54, 1.807) is 13.8 Å². The maximum absolute atomic E-state index is 12.9. The van der Waals surface area contributed by atoms with Gasteiger partial charge in [0.2, 0.25) is 5.92 Å². The Morgan fingerprint density at radius 3 is 2.00 bits per heavy atom. The molecule has 0 amide bonds. The molecule has 0 unspecified atom stereocenters. The molecule has 4 nitrogen and oxygen atoms in total. The Morgan fingerprint density at radius 2 is 1.67 bits per heavy atom. The van der Waals surface area contributed by atoms with E-state index in [1.807, 2.05) is 0 Å². The zero-order valence-corrected chi connectivity index (χ0v) is 10.3. The largest absolute Gasteiger partial charge is 0.480 e. The minimum Gasteiger partial charge on any atom is -0.480 e. The zero-order chi connectivity index (χ0) is 13.8. The summed E-state index contributed by atoms with van der Waals surface area (Å²) < 4.78 is 30.6. The van der Waals surface area contributed by atoms with Gasteiger partial charge in [0.05, 0.1) is 6.10 Å². The number of aliphatic carboxylic acids is 1. The molecule has 1 N–H and O–H groups in total. The topological polar surface area (TPSA) is 63.6 Å². The number of carbonyl (C=O) groups excluding carboxylic acids is 1. The summed E-state index contributed by atoms with van der Waals surface area (Å²) in [6, 6.07) is 0. The summed E-state index contributed by atoms with van der Waals surface area (Å²) in [6.45, 7) is 3.25. The minimum absolute atomic E-state index is 0.0313. The predicted octanol–water partition coefficient (Wildman–Crippen LogP) is 2.22. The summed E-state index contributed by atoms with van der Waals surface area (Å²) in [4.78, 5) is 23.0. The third-order valence-corrected chi connectivity index (χ3v) is 3.76. The number of ether oxygens (including phenoxy) is 1. The molecule has 0 bridgehead atoms. The van der Waals surface area contributed by atoms with Gasteiger partial charge in [-0.05, 0) is 32.1 Å². The maximum atomic E-state index is 12.9. The molecule has 0 saturated heterocycles. The van der Waals surface area contributed by atoms with Crippen molar-refractivity contribution in [2.24, 2.45) is 10.8 Å². The van der Waals surface area contributed by atoms with Crippen LogP contribution in [0.1, 0.15) is 39.5 Å². The molecule has 2 rings (SSSR count). The van der Waals surface area contributed by atoms with Gasteiger partial charge in [-0.2, -0.15) is 0 Å². The highest BCUT2D eigenvalue weighted by molar-refractivity contribution is 6.00. The second-order valence-corrected chi connectivity index (χ2v) is 5.90. The van der Waals surface area contributed by atoms with Crippen molar-refractivity contribution in [3.8, 4) is 0 Å². The van der Waals surface area contributed by atoms with Crippen LogP contribution >= 0.6 is 0 Å². The Kier molecular flexibility index (Phi) is 2.68. The lowest BCUT2D eigenvalue weighted by Gasteiger charge is -2.59.